The number of carbonyl (C=O) groups excluding carboxylic acids is 1. The third kappa shape index (κ3) is 2.59. The summed E-state index contributed by atoms with van der Waals surface area (Å²) in [6.45, 7) is 3.67. The molecule has 0 spiro atoms. The third-order valence-corrected chi connectivity index (χ3v) is 2.42. The molecule has 0 aliphatic carbocycles. The molecule has 0 heterocycles. The zero-order valence-corrected chi connectivity index (χ0v) is 9.45. The lowest BCUT2D eigenvalue weighted by Gasteiger charge is -2.12. The molecule has 0 saturated carbocycles. The number of anilines is 1. The fraction of sp³-hybridized carbons (Fsp3) is 0.333. The van der Waals surface area contributed by atoms with Gasteiger partial charge in [0.2, 0.25) is 5.91 Å². The topological polar surface area (TPSA) is 78.9 Å². The van der Waals surface area contributed by atoms with Gasteiger partial charge in [-0.25, -0.2) is 0 Å². The van der Waals surface area contributed by atoms with E-state index >= 15 is 0 Å². The monoisotopic (exact) mass is 217 g/mol. The number of aryl methyl sites for hydroxylation is 1. The van der Waals surface area contributed by atoms with E-state index in [9.17, 15) is 4.79 Å². The molecule has 0 fully saturated rings. The molecule has 1 rings (SSSR count). The van der Waals surface area contributed by atoms with Crippen molar-refractivity contribution in [3.63, 3.8) is 0 Å². The van der Waals surface area contributed by atoms with Crippen LogP contribution in [0, 0.1) is 18.3 Å². The molecule has 84 valence electrons. The van der Waals surface area contributed by atoms with Crippen LogP contribution in [0.5, 0.6) is 0 Å². The molecule has 1 aromatic carbocycles. The second-order valence-corrected chi connectivity index (χ2v) is 3.61. The number of carbonyl (C=O) groups is 1. The van der Waals surface area contributed by atoms with Gasteiger partial charge < -0.3 is 11.1 Å². The molecule has 1 amide bonds. The minimum absolute atomic E-state index is 0.260. The van der Waals surface area contributed by atoms with Crippen molar-refractivity contribution in [1.82, 2.24) is 0 Å². The Hall–Kier alpha value is -1.86. The largest absolute Gasteiger partial charge is 0.324 e. The number of nitrogens with one attached hydrogen (secondary N) is 1. The molecule has 4 heteroatoms. The number of hydrogen-bond donors (Lipinski definition) is 2. The minimum atomic E-state index is -0.535. The first-order chi connectivity index (χ1) is 7.60. The van der Waals surface area contributed by atoms with Crippen molar-refractivity contribution in [2.24, 2.45) is 5.73 Å². The van der Waals surface area contributed by atoms with Crippen LogP contribution < -0.4 is 11.1 Å². The lowest BCUT2D eigenvalue weighted by Crippen LogP contribution is -2.35. The smallest absolute Gasteiger partial charge is 0.241 e. The maximum atomic E-state index is 11.6. The molecule has 1 aromatic rings. The third-order valence-electron chi connectivity index (χ3n) is 2.42. The van der Waals surface area contributed by atoms with Crippen molar-refractivity contribution in [3.8, 4) is 6.07 Å². The van der Waals surface area contributed by atoms with E-state index in [2.05, 4.69) is 11.4 Å². The summed E-state index contributed by atoms with van der Waals surface area (Å²) in [6.07, 6.45) is 0.569. The lowest BCUT2D eigenvalue weighted by molar-refractivity contribution is -0.117. The van der Waals surface area contributed by atoms with E-state index in [4.69, 9.17) is 11.0 Å². The maximum Gasteiger partial charge on any atom is 0.241 e. The first-order valence-electron chi connectivity index (χ1n) is 5.16. The summed E-state index contributed by atoms with van der Waals surface area (Å²) in [5, 5.41) is 11.6. The van der Waals surface area contributed by atoms with E-state index in [1.807, 2.05) is 19.9 Å². The fourth-order valence-corrected chi connectivity index (χ4v) is 1.33. The van der Waals surface area contributed by atoms with Crippen LogP contribution in [-0.4, -0.2) is 11.9 Å². The molecule has 0 saturated heterocycles. The van der Waals surface area contributed by atoms with Crippen LogP contribution in [0.3, 0.4) is 0 Å². The summed E-state index contributed by atoms with van der Waals surface area (Å²) in [4.78, 5) is 11.6. The Balaban J connectivity index is 2.94. The highest BCUT2D eigenvalue weighted by atomic mass is 16.2. The van der Waals surface area contributed by atoms with Crippen molar-refractivity contribution >= 4 is 11.6 Å². The molecular formula is C12H15N3O. The second kappa shape index (κ2) is 5.29. The summed E-state index contributed by atoms with van der Waals surface area (Å²) in [7, 11) is 0. The average Bonchev–Trinajstić information content (AvgIpc) is 2.28. The Bertz CT molecular complexity index is 434. The number of benzene rings is 1. The Morgan fingerprint density at radius 3 is 2.88 bits per heavy atom. The molecule has 1 unspecified atom stereocenters. The minimum Gasteiger partial charge on any atom is -0.324 e. The van der Waals surface area contributed by atoms with Crippen LogP contribution in [0.4, 0.5) is 5.69 Å². The van der Waals surface area contributed by atoms with Crippen LogP contribution in [0.25, 0.3) is 0 Å². The number of nitrogens with zero attached hydrogens (tertiary/aromatic N) is 1. The number of hydrogen-bond acceptors (Lipinski definition) is 3. The summed E-state index contributed by atoms with van der Waals surface area (Å²) < 4.78 is 0. The lowest BCUT2D eigenvalue weighted by atomic mass is 10.1. The number of nitriles is 1. The van der Waals surface area contributed by atoms with Gasteiger partial charge in [0.05, 0.1) is 17.3 Å². The van der Waals surface area contributed by atoms with Gasteiger partial charge in [0, 0.05) is 0 Å². The van der Waals surface area contributed by atoms with Gasteiger partial charge in [0.25, 0.3) is 0 Å². The first kappa shape index (κ1) is 12.2. The van der Waals surface area contributed by atoms with E-state index in [1.165, 1.54) is 0 Å². The maximum absolute atomic E-state index is 11.6. The van der Waals surface area contributed by atoms with E-state index in [0.717, 1.165) is 5.56 Å². The molecule has 16 heavy (non-hydrogen) atoms. The van der Waals surface area contributed by atoms with E-state index in [0.29, 0.717) is 17.7 Å². The van der Waals surface area contributed by atoms with Crippen LogP contribution in [0.1, 0.15) is 24.5 Å². The molecule has 0 aliphatic rings. The van der Waals surface area contributed by atoms with Crippen molar-refractivity contribution in [2.45, 2.75) is 26.3 Å². The van der Waals surface area contributed by atoms with Gasteiger partial charge in [0.15, 0.2) is 0 Å². The van der Waals surface area contributed by atoms with E-state index in [-0.39, 0.29) is 5.91 Å². The predicted molar refractivity (Wildman–Crippen MR) is 62.8 cm³/mol. The van der Waals surface area contributed by atoms with Gasteiger partial charge in [-0.2, -0.15) is 5.26 Å². The Morgan fingerprint density at radius 1 is 1.62 bits per heavy atom. The van der Waals surface area contributed by atoms with Gasteiger partial charge in [-0.15, -0.1) is 0 Å². The SMILES string of the molecule is CCC(N)C(=O)Nc1cccc(C)c1C#N. The van der Waals surface area contributed by atoms with Gasteiger partial charge in [0.1, 0.15) is 6.07 Å². The normalized spacial score (nSPS) is 11.6. The number of amides is 1. The highest BCUT2D eigenvalue weighted by Gasteiger charge is 2.13. The molecule has 1 atom stereocenters. The van der Waals surface area contributed by atoms with Crippen molar-refractivity contribution in [2.75, 3.05) is 5.32 Å². The number of rotatable bonds is 3. The van der Waals surface area contributed by atoms with Crippen molar-refractivity contribution < 1.29 is 4.79 Å². The first-order valence-corrected chi connectivity index (χ1v) is 5.16. The van der Waals surface area contributed by atoms with Crippen molar-refractivity contribution in [1.29, 1.82) is 5.26 Å². The molecule has 0 aliphatic heterocycles. The standard InChI is InChI=1S/C12H15N3O/c1-3-10(14)12(16)15-11-6-4-5-8(2)9(11)7-13/h4-6,10H,3,14H2,1-2H3,(H,15,16). The van der Waals surface area contributed by atoms with Crippen LogP contribution >= 0.6 is 0 Å². The van der Waals surface area contributed by atoms with Gasteiger partial charge in [-0.1, -0.05) is 19.1 Å². The van der Waals surface area contributed by atoms with Gasteiger partial charge >= 0.3 is 0 Å². The Labute approximate surface area is 95.1 Å². The summed E-state index contributed by atoms with van der Waals surface area (Å²) in [5.74, 6) is -0.260. The number of nitrogens with two attached hydrogens (primary N) is 1. The Morgan fingerprint density at radius 2 is 2.31 bits per heavy atom. The fourth-order valence-electron chi connectivity index (χ4n) is 1.33. The second-order valence-electron chi connectivity index (χ2n) is 3.61. The van der Waals surface area contributed by atoms with Gasteiger partial charge in [-0.05, 0) is 25.0 Å². The summed E-state index contributed by atoms with van der Waals surface area (Å²) >= 11 is 0. The van der Waals surface area contributed by atoms with Crippen LogP contribution in [-0.2, 0) is 4.79 Å². The zero-order chi connectivity index (χ0) is 12.1. The Kier molecular flexibility index (Phi) is 4.03. The highest BCUT2D eigenvalue weighted by molar-refractivity contribution is 5.95. The molecule has 4 nitrogen and oxygen atoms in total. The van der Waals surface area contributed by atoms with Crippen LogP contribution in [0.2, 0.25) is 0 Å². The molecule has 0 bridgehead atoms. The van der Waals surface area contributed by atoms with Crippen molar-refractivity contribution in [3.05, 3.63) is 29.3 Å². The quantitative estimate of drug-likeness (QED) is 0.806. The highest BCUT2D eigenvalue weighted by Crippen LogP contribution is 2.18. The molecule has 0 aromatic heterocycles. The summed E-state index contributed by atoms with van der Waals surface area (Å²) in [5.41, 5.74) is 7.45. The van der Waals surface area contributed by atoms with Crippen LogP contribution in [0.15, 0.2) is 18.2 Å². The predicted octanol–water partition coefficient (Wildman–Crippen LogP) is 1.54. The van der Waals surface area contributed by atoms with E-state index < -0.39 is 6.04 Å². The van der Waals surface area contributed by atoms with E-state index in [1.54, 1.807) is 12.1 Å². The van der Waals surface area contributed by atoms with Gasteiger partial charge in [-0.3, -0.25) is 4.79 Å². The molecule has 0 radical (unpaired) electrons. The zero-order valence-electron chi connectivity index (χ0n) is 9.45. The molecular weight excluding hydrogens is 202 g/mol. The summed E-state index contributed by atoms with van der Waals surface area (Å²) in [6, 6.07) is 6.86. The average molecular weight is 217 g/mol. The molecule has 3 N–H and O–H groups in total.